The van der Waals surface area contributed by atoms with Crippen LogP contribution in [0.4, 0.5) is 5.69 Å². The third kappa shape index (κ3) is 4.70. The number of aliphatic hydroxyl groups is 1. The molecule has 9 heteroatoms. The third-order valence-electron chi connectivity index (χ3n) is 10.0. The molecule has 2 fully saturated rings. The SMILES string of the molecule is CC[C@@]12C=CCN(Cc3ccccc3)C(=O)[C@@H]1[C@H]1C(=O)N([C@H](CO)c3ccccc3)C3C(=O)N(c4ccc(Cl)cc4)CC=C[C@@]31O2. The lowest BCUT2D eigenvalue weighted by Gasteiger charge is -2.41. The van der Waals surface area contributed by atoms with E-state index in [1.54, 1.807) is 34.1 Å². The molecular weight excluding hydrogens is 602 g/mol. The van der Waals surface area contributed by atoms with Crippen LogP contribution in [0.1, 0.15) is 30.5 Å². The summed E-state index contributed by atoms with van der Waals surface area (Å²) in [4.78, 5) is 49.5. The standard InChI is InChI=1S/C37H36ClN3O5/c1-2-36-19-9-21-39(23-25-11-5-3-6-12-25)33(43)30(36)31-34(44)41(29(24-42)26-13-7-4-8-14-26)32-35(45)40(22-10-20-37(31,32)46-36)28-17-15-27(38)16-18-28/h3-20,29-32,42H,2,21-24H2,1H3/t29-,30+,31+,32?,36-,37+/m1/s1. The van der Waals surface area contributed by atoms with Crippen molar-refractivity contribution in [3.63, 3.8) is 0 Å². The van der Waals surface area contributed by atoms with Gasteiger partial charge < -0.3 is 24.5 Å². The van der Waals surface area contributed by atoms with Gasteiger partial charge in [-0.05, 0) is 41.8 Å². The molecule has 3 amide bonds. The van der Waals surface area contributed by atoms with Crippen molar-refractivity contribution in [2.24, 2.45) is 11.8 Å². The summed E-state index contributed by atoms with van der Waals surface area (Å²) in [5.74, 6) is -2.79. The zero-order chi connectivity index (χ0) is 32.1. The summed E-state index contributed by atoms with van der Waals surface area (Å²) in [5, 5.41) is 11.4. The summed E-state index contributed by atoms with van der Waals surface area (Å²) in [5.41, 5.74) is -0.267. The van der Waals surface area contributed by atoms with Crippen molar-refractivity contribution < 1.29 is 24.2 Å². The minimum atomic E-state index is -1.45. The fourth-order valence-corrected chi connectivity index (χ4v) is 8.04. The summed E-state index contributed by atoms with van der Waals surface area (Å²) < 4.78 is 7.12. The Morgan fingerprint density at radius 3 is 2.20 bits per heavy atom. The highest BCUT2D eigenvalue weighted by Crippen LogP contribution is 2.60. The molecule has 0 saturated carbocycles. The van der Waals surface area contributed by atoms with Gasteiger partial charge in [-0.2, -0.15) is 0 Å². The Labute approximate surface area is 273 Å². The second-order valence-corrected chi connectivity index (χ2v) is 12.8. The van der Waals surface area contributed by atoms with E-state index >= 15 is 4.79 Å². The summed E-state index contributed by atoms with van der Waals surface area (Å²) >= 11 is 6.18. The van der Waals surface area contributed by atoms with Gasteiger partial charge in [-0.3, -0.25) is 14.4 Å². The molecule has 3 aromatic carbocycles. The zero-order valence-corrected chi connectivity index (χ0v) is 26.3. The molecule has 3 aromatic rings. The topological polar surface area (TPSA) is 90.4 Å². The zero-order valence-electron chi connectivity index (χ0n) is 25.5. The van der Waals surface area contributed by atoms with E-state index in [-0.39, 0.29) is 24.3 Å². The van der Waals surface area contributed by atoms with Crippen molar-refractivity contribution >= 4 is 35.0 Å². The molecule has 1 spiro atoms. The number of carbonyl (C=O) groups excluding carboxylic acids is 3. The lowest BCUT2D eigenvalue weighted by atomic mass is 9.73. The van der Waals surface area contributed by atoms with Crippen LogP contribution in [0.25, 0.3) is 0 Å². The van der Waals surface area contributed by atoms with E-state index in [0.717, 1.165) is 5.56 Å². The Kier molecular flexibility index (Phi) is 7.83. The summed E-state index contributed by atoms with van der Waals surface area (Å²) in [7, 11) is 0. The van der Waals surface area contributed by atoms with Crippen molar-refractivity contribution in [3.8, 4) is 0 Å². The van der Waals surface area contributed by atoms with Crippen LogP contribution in [0, 0.1) is 11.8 Å². The maximum Gasteiger partial charge on any atom is 0.253 e. The molecule has 4 aliphatic rings. The number of likely N-dealkylation sites (tertiary alicyclic amines) is 1. The molecule has 46 heavy (non-hydrogen) atoms. The number of ether oxygens (including phenoxy) is 1. The van der Waals surface area contributed by atoms with Gasteiger partial charge in [0.05, 0.1) is 30.1 Å². The van der Waals surface area contributed by atoms with Gasteiger partial charge in [0.25, 0.3) is 5.91 Å². The lowest BCUT2D eigenvalue weighted by Crippen LogP contribution is -2.57. The molecule has 0 radical (unpaired) electrons. The van der Waals surface area contributed by atoms with E-state index < -0.39 is 41.7 Å². The van der Waals surface area contributed by atoms with Gasteiger partial charge in [0, 0.05) is 30.3 Å². The second-order valence-electron chi connectivity index (χ2n) is 12.4. The lowest BCUT2D eigenvalue weighted by molar-refractivity contribution is -0.153. The van der Waals surface area contributed by atoms with Crippen LogP contribution in [0.15, 0.2) is 109 Å². The number of rotatable bonds is 7. The van der Waals surface area contributed by atoms with E-state index in [1.807, 2.05) is 91.9 Å². The fourth-order valence-electron chi connectivity index (χ4n) is 7.91. The molecule has 0 aliphatic carbocycles. The number of halogens is 1. The first-order valence-electron chi connectivity index (χ1n) is 15.8. The van der Waals surface area contributed by atoms with Gasteiger partial charge in [0.15, 0.2) is 0 Å². The Morgan fingerprint density at radius 2 is 1.52 bits per heavy atom. The van der Waals surface area contributed by atoms with Crippen molar-refractivity contribution in [1.82, 2.24) is 9.80 Å². The largest absolute Gasteiger partial charge is 0.394 e. The minimum Gasteiger partial charge on any atom is -0.394 e. The number of anilines is 1. The van der Waals surface area contributed by atoms with Crippen LogP contribution in [0.2, 0.25) is 5.02 Å². The van der Waals surface area contributed by atoms with E-state index in [9.17, 15) is 14.7 Å². The number of hydrogen-bond acceptors (Lipinski definition) is 5. The predicted octanol–water partition coefficient (Wildman–Crippen LogP) is 4.94. The molecule has 1 N–H and O–H groups in total. The molecule has 0 bridgehead atoms. The van der Waals surface area contributed by atoms with Crippen molar-refractivity contribution in [2.75, 3.05) is 24.6 Å². The first-order chi connectivity index (χ1) is 22.3. The van der Waals surface area contributed by atoms with Gasteiger partial charge in [-0.25, -0.2) is 0 Å². The summed E-state index contributed by atoms with van der Waals surface area (Å²) in [6.45, 7) is 2.53. The smallest absolute Gasteiger partial charge is 0.253 e. The fraction of sp³-hybridized carbons (Fsp3) is 0.324. The van der Waals surface area contributed by atoms with E-state index in [0.29, 0.717) is 35.8 Å². The van der Waals surface area contributed by atoms with Crippen LogP contribution < -0.4 is 4.90 Å². The molecule has 4 aliphatic heterocycles. The Morgan fingerprint density at radius 1 is 0.848 bits per heavy atom. The number of nitrogens with zero attached hydrogens (tertiary/aromatic N) is 3. The van der Waals surface area contributed by atoms with Gasteiger partial charge >= 0.3 is 0 Å². The van der Waals surface area contributed by atoms with Crippen LogP contribution in [0.5, 0.6) is 0 Å². The third-order valence-corrected chi connectivity index (χ3v) is 10.3. The molecule has 4 heterocycles. The van der Waals surface area contributed by atoms with Gasteiger partial charge in [-0.1, -0.05) is 103 Å². The van der Waals surface area contributed by atoms with Crippen molar-refractivity contribution in [1.29, 1.82) is 0 Å². The van der Waals surface area contributed by atoms with Crippen LogP contribution in [-0.2, 0) is 25.7 Å². The number of carbonyl (C=O) groups is 3. The highest BCUT2D eigenvalue weighted by atomic mass is 35.5. The van der Waals surface area contributed by atoms with Crippen molar-refractivity contribution in [3.05, 3.63) is 125 Å². The van der Waals surface area contributed by atoms with Gasteiger partial charge in [0.2, 0.25) is 11.8 Å². The molecule has 1 unspecified atom stereocenters. The Hall–Kier alpha value is -4.24. The Bertz CT molecular complexity index is 1700. The average Bonchev–Trinajstić information content (AvgIpc) is 3.37. The van der Waals surface area contributed by atoms with E-state index in [2.05, 4.69) is 0 Å². The normalized spacial score (nSPS) is 29.3. The number of fused-ring (bicyclic) bond motifs is 2. The average molecular weight is 638 g/mol. The van der Waals surface area contributed by atoms with Crippen LogP contribution >= 0.6 is 11.6 Å². The molecule has 0 aromatic heterocycles. The predicted molar refractivity (Wildman–Crippen MR) is 175 cm³/mol. The van der Waals surface area contributed by atoms with Gasteiger partial charge in [0.1, 0.15) is 11.6 Å². The minimum absolute atomic E-state index is 0.188. The number of amides is 3. The Balaban J connectivity index is 1.38. The van der Waals surface area contributed by atoms with Crippen LogP contribution in [-0.4, -0.2) is 69.6 Å². The molecule has 2 saturated heterocycles. The maximum atomic E-state index is 15.0. The molecule has 236 valence electrons. The number of aliphatic hydroxyl groups excluding tert-OH is 1. The number of benzene rings is 3. The second kappa shape index (κ2) is 11.8. The first-order valence-corrected chi connectivity index (χ1v) is 16.1. The highest BCUT2D eigenvalue weighted by molar-refractivity contribution is 6.30. The molecular formula is C37H36ClN3O5. The maximum absolute atomic E-state index is 15.0. The van der Waals surface area contributed by atoms with E-state index in [4.69, 9.17) is 16.3 Å². The number of hydrogen-bond donors (Lipinski definition) is 1. The van der Waals surface area contributed by atoms with Gasteiger partial charge in [-0.15, -0.1) is 0 Å². The summed E-state index contributed by atoms with van der Waals surface area (Å²) in [6.07, 6.45) is 8.01. The first kappa shape index (κ1) is 30.4. The molecule has 6 atom stereocenters. The van der Waals surface area contributed by atoms with Crippen molar-refractivity contribution in [2.45, 2.75) is 43.2 Å². The molecule has 8 nitrogen and oxygen atoms in total. The van der Waals surface area contributed by atoms with Crippen LogP contribution in [0.3, 0.4) is 0 Å². The monoisotopic (exact) mass is 637 g/mol. The quantitative estimate of drug-likeness (QED) is 0.371. The highest BCUT2D eigenvalue weighted by Gasteiger charge is 2.76. The summed E-state index contributed by atoms with van der Waals surface area (Å²) in [6, 6.07) is 24.0. The van der Waals surface area contributed by atoms with E-state index in [1.165, 1.54) is 4.90 Å². The molecule has 7 rings (SSSR count).